The van der Waals surface area contributed by atoms with Gasteiger partial charge in [0.05, 0.1) is 18.8 Å². The van der Waals surface area contributed by atoms with Gasteiger partial charge in [-0.2, -0.15) is 0 Å². The fraction of sp³-hybridized carbons (Fsp3) is 0.684. The van der Waals surface area contributed by atoms with Gasteiger partial charge in [-0.05, 0) is 30.4 Å². The second-order valence-corrected chi connectivity index (χ2v) is 7.37. The first-order chi connectivity index (χ1) is 12.3. The number of nitrogens with zero attached hydrogens (tertiary/aromatic N) is 3. The smallest absolute Gasteiger partial charge is 0.222 e. The number of pyridine rings is 1. The molecule has 0 radical (unpaired) electrons. The van der Waals surface area contributed by atoms with E-state index in [1.807, 2.05) is 17.2 Å². The van der Waals surface area contributed by atoms with E-state index in [1.54, 1.807) is 6.20 Å². The summed E-state index contributed by atoms with van der Waals surface area (Å²) in [5.74, 6) is 0.766. The van der Waals surface area contributed by atoms with Gasteiger partial charge in [-0.1, -0.05) is 6.07 Å². The molecule has 0 saturated carbocycles. The molecule has 1 aromatic heterocycles. The van der Waals surface area contributed by atoms with Gasteiger partial charge in [-0.15, -0.1) is 0 Å². The molecule has 3 aliphatic heterocycles. The monoisotopic (exact) mass is 345 g/mol. The van der Waals surface area contributed by atoms with Crippen LogP contribution >= 0.6 is 0 Å². The summed E-state index contributed by atoms with van der Waals surface area (Å²) >= 11 is 0. The number of carbonyl (C=O) groups excluding carboxylic acids is 1. The summed E-state index contributed by atoms with van der Waals surface area (Å²) in [6.45, 7) is 5.64. The second-order valence-electron chi connectivity index (χ2n) is 7.37. The van der Waals surface area contributed by atoms with Crippen LogP contribution in [-0.2, 0) is 20.8 Å². The maximum atomic E-state index is 12.7. The van der Waals surface area contributed by atoms with Crippen LogP contribution in [0.25, 0.3) is 0 Å². The van der Waals surface area contributed by atoms with Crippen molar-refractivity contribution in [3.63, 3.8) is 0 Å². The maximum Gasteiger partial charge on any atom is 0.222 e. The summed E-state index contributed by atoms with van der Waals surface area (Å²) in [6, 6.07) is 4.39. The number of likely N-dealkylation sites (tertiary alicyclic amines) is 1. The molecule has 3 fully saturated rings. The van der Waals surface area contributed by atoms with Gasteiger partial charge < -0.3 is 14.4 Å². The Morgan fingerprint density at radius 3 is 2.92 bits per heavy atom. The van der Waals surface area contributed by atoms with Gasteiger partial charge in [0.15, 0.2) is 0 Å². The molecule has 4 rings (SSSR count). The topological polar surface area (TPSA) is 54.9 Å². The minimum absolute atomic E-state index is 0.143. The van der Waals surface area contributed by atoms with E-state index in [0.717, 1.165) is 58.8 Å². The predicted octanol–water partition coefficient (Wildman–Crippen LogP) is 1.31. The van der Waals surface area contributed by atoms with Gasteiger partial charge in [-0.25, -0.2) is 0 Å². The van der Waals surface area contributed by atoms with Crippen molar-refractivity contribution in [3.8, 4) is 0 Å². The highest BCUT2D eigenvalue weighted by Gasteiger charge is 2.41. The molecule has 6 heteroatoms. The first-order valence-corrected chi connectivity index (χ1v) is 9.39. The average Bonchev–Trinajstić information content (AvgIpc) is 3.09. The standard InChI is InChI=1S/C19H27N3O3/c23-19(10-15-3-7-24-8-4-15)22-13-17-18(14-22)25-9-6-21(17)12-16-2-1-5-20-11-16/h1-2,5,11,15,17-18H,3-4,6-10,12-14H2/t17-,18-/m0/s1. The van der Waals surface area contributed by atoms with Gasteiger partial charge in [0.2, 0.25) is 5.91 Å². The van der Waals surface area contributed by atoms with Crippen LogP contribution in [-0.4, -0.2) is 72.3 Å². The van der Waals surface area contributed by atoms with Gasteiger partial charge in [-0.3, -0.25) is 14.7 Å². The molecule has 3 saturated heterocycles. The Labute approximate surface area is 149 Å². The Morgan fingerprint density at radius 1 is 1.24 bits per heavy atom. The van der Waals surface area contributed by atoms with Crippen LogP contribution in [0.5, 0.6) is 0 Å². The highest BCUT2D eigenvalue weighted by atomic mass is 16.5. The Balaban J connectivity index is 1.36. The Bertz CT molecular complexity index is 577. The number of amides is 1. The van der Waals surface area contributed by atoms with Crippen molar-refractivity contribution >= 4 is 5.91 Å². The molecule has 25 heavy (non-hydrogen) atoms. The number of fused-ring (bicyclic) bond motifs is 1. The molecule has 1 amide bonds. The van der Waals surface area contributed by atoms with Crippen molar-refractivity contribution < 1.29 is 14.3 Å². The third kappa shape index (κ3) is 4.02. The third-order valence-corrected chi connectivity index (χ3v) is 5.68. The maximum absolute atomic E-state index is 12.7. The molecule has 0 unspecified atom stereocenters. The number of aromatic nitrogens is 1. The molecule has 0 N–H and O–H groups in total. The quantitative estimate of drug-likeness (QED) is 0.824. The molecular formula is C19H27N3O3. The zero-order chi connectivity index (χ0) is 17.1. The van der Waals surface area contributed by atoms with Gasteiger partial charge in [0, 0.05) is 58.2 Å². The molecule has 0 aromatic carbocycles. The van der Waals surface area contributed by atoms with Crippen LogP contribution in [0.15, 0.2) is 24.5 Å². The van der Waals surface area contributed by atoms with E-state index in [4.69, 9.17) is 9.47 Å². The van der Waals surface area contributed by atoms with Crippen molar-refractivity contribution in [1.29, 1.82) is 0 Å². The fourth-order valence-electron chi connectivity index (χ4n) is 4.21. The van der Waals surface area contributed by atoms with E-state index in [-0.39, 0.29) is 12.0 Å². The van der Waals surface area contributed by atoms with E-state index in [2.05, 4.69) is 16.0 Å². The number of carbonyl (C=O) groups is 1. The van der Waals surface area contributed by atoms with Crippen molar-refractivity contribution in [2.75, 3.05) is 39.5 Å². The number of morpholine rings is 1. The van der Waals surface area contributed by atoms with Crippen molar-refractivity contribution in [2.45, 2.75) is 38.0 Å². The van der Waals surface area contributed by atoms with Crippen molar-refractivity contribution in [1.82, 2.24) is 14.8 Å². The largest absolute Gasteiger partial charge is 0.381 e. The fourth-order valence-corrected chi connectivity index (χ4v) is 4.21. The average molecular weight is 345 g/mol. The zero-order valence-electron chi connectivity index (χ0n) is 14.7. The molecule has 3 aliphatic rings. The van der Waals surface area contributed by atoms with Crippen molar-refractivity contribution in [2.24, 2.45) is 5.92 Å². The van der Waals surface area contributed by atoms with Crippen LogP contribution in [0.4, 0.5) is 0 Å². The molecule has 0 spiro atoms. The van der Waals surface area contributed by atoms with E-state index in [1.165, 1.54) is 5.56 Å². The van der Waals surface area contributed by atoms with Crippen LogP contribution in [0, 0.1) is 5.92 Å². The second kappa shape index (κ2) is 7.81. The Hall–Kier alpha value is -1.50. The zero-order valence-corrected chi connectivity index (χ0v) is 14.7. The van der Waals surface area contributed by atoms with Gasteiger partial charge >= 0.3 is 0 Å². The summed E-state index contributed by atoms with van der Waals surface area (Å²) in [5, 5.41) is 0. The molecule has 1 aromatic rings. The first-order valence-electron chi connectivity index (χ1n) is 9.39. The lowest BCUT2D eigenvalue weighted by Gasteiger charge is -2.36. The number of ether oxygens (including phenoxy) is 2. The van der Waals surface area contributed by atoms with E-state index in [9.17, 15) is 4.79 Å². The summed E-state index contributed by atoms with van der Waals surface area (Å²) in [5.41, 5.74) is 1.22. The lowest BCUT2D eigenvalue weighted by molar-refractivity contribution is -0.132. The lowest BCUT2D eigenvalue weighted by Crippen LogP contribution is -2.50. The van der Waals surface area contributed by atoms with Crippen LogP contribution in [0.3, 0.4) is 0 Å². The minimum Gasteiger partial charge on any atom is -0.381 e. The highest BCUT2D eigenvalue weighted by Crippen LogP contribution is 2.27. The Kier molecular flexibility index (Phi) is 5.29. The highest BCUT2D eigenvalue weighted by molar-refractivity contribution is 5.77. The summed E-state index contributed by atoms with van der Waals surface area (Å²) < 4.78 is 11.4. The van der Waals surface area contributed by atoms with Crippen LogP contribution in [0.1, 0.15) is 24.8 Å². The molecule has 4 heterocycles. The SMILES string of the molecule is O=C(CC1CCOCC1)N1C[C@@H]2OCCN(Cc3cccnc3)[C@H]2C1. The molecule has 6 nitrogen and oxygen atoms in total. The normalized spacial score (nSPS) is 28.1. The molecule has 2 atom stereocenters. The lowest BCUT2D eigenvalue weighted by atomic mass is 9.96. The van der Waals surface area contributed by atoms with Crippen molar-refractivity contribution in [3.05, 3.63) is 30.1 Å². The Morgan fingerprint density at radius 2 is 2.12 bits per heavy atom. The van der Waals surface area contributed by atoms with E-state index >= 15 is 0 Å². The number of rotatable bonds is 4. The summed E-state index contributed by atoms with van der Waals surface area (Å²) in [4.78, 5) is 21.4. The molecule has 0 bridgehead atoms. The third-order valence-electron chi connectivity index (χ3n) is 5.68. The number of hydrogen-bond acceptors (Lipinski definition) is 5. The summed E-state index contributed by atoms with van der Waals surface area (Å²) in [7, 11) is 0. The first kappa shape index (κ1) is 16.9. The minimum atomic E-state index is 0.143. The summed E-state index contributed by atoms with van der Waals surface area (Å²) in [6.07, 6.45) is 6.55. The predicted molar refractivity (Wildman–Crippen MR) is 92.9 cm³/mol. The van der Waals surface area contributed by atoms with E-state index in [0.29, 0.717) is 18.4 Å². The molecular weight excluding hydrogens is 318 g/mol. The van der Waals surface area contributed by atoms with Crippen LogP contribution in [0.2, 0.25) is 0 Å². The van der Waals surface area contributed by atoms with Gasteiger partial charge in [0.25, 0.3) is 0 Å². The molecule has 136 valence electrons. The van der Waals surface area contributed by atoms with Gasteiger partial charge in [0.1, 0.15) is 0 Å². The molecule has 0 aliphatic carbocycles. The van der Waals surface area contributed by atoms with Crippen LogP contribution < -0.4 is 0 Å². The van der Waals surface area contributed by atoms with E-state index < -0.39 is 0 Å². The number of hydrogen-bond donors (Lipinski definition) is 0.